The Morgan fingerprint density at radius 2 is 2.04 bits per heavy atom. The molecule has 6 heteroatoms. The van der Waals surface area contributed by atoms with E-state index in [1.807, 2.05) is 0 Å². The lowest BCUT2D eigenvalue weighted by Gasteiger charge is -2.24. The van der Waals surface area contributed by atoms with Gasteiger partial charge < -0.3 is 15.3 Å². The lowest BCUT2D eigenvalue weighted by atomic mass is 9.94. The van der Waals surface area contributed by atoms with E-state index in [0.29, 0.717) is 11.1 Å². The summed E-state index contributed by atoms with van der Waals surface area (Å²) < 4.78 is 24.9. The van der Waals surface area contributed by atoms with Crippen molar-refractivity contribution in [3.63, 3.8) is 0 Å². The van der Waals surface area contributed by atoms with Crippen molar-refractivity contribution in [3.05, 3.63) is 35.4 Å². The molecule has 0 aliphatic carbocycles. The number of rotatable bonds is 6. The van der Waals surface area contributed by atoms with Gasteiger partial charge in [-0.2, -0.15) is 0 Å². The first kappa shape index (κ1) is 16.0. The summed E-state index contributed by atoms with van der Waals surface area (Å²) in [6.07, 6.45) is -3.58. The third-order valence-electron chi connectivity index (χ3n) is 4.47. The molecular formula is C20H28N2O4. The summed E-state index contributed by atoms with van der Waals surface area (Å²) in [4.78, 5) is 39.0. The number of hydrogen-bond acceptors (Lipinski definition) is 4. The van der Waals surface area contributed by atoms with E-state index in [2.05, 4.69) is 5.32 Å². The fourth-order valence-electron chi connectivity index (χ4n) is 2.76. The van der Waals surface area contributed by atoms with E-state index in [-0.39, 0.29) is 12.5 Å². The molecule has 2 N–H and O–H groups in total. The van der Waals surface area contributed by atoms with Gasteiger partial charge in [-0.25, -0.2) is 0 Å². The Morgan fingerprint density at radius 1 is 1.38 bits per heavy atom. The van der Waals surface area contributed by atoms with E-state index < -0.39 is 48.4 Å². The molecule has 2 amide bonds. The first-order chi connectivity index (χ1) is 13.3. The third kappa shape index (κ3) is 4.49. The molecule has 0 saturated heterocycles. The van der Waals surface area contributed by atoms with Crippen molar-refractivity contribution >= 4 is 17.6 Å². The van der Waals surface area contributed by atoms with Gasteiger partial charge in [0.2, 0.25) is 11.8 Å². The van der Waals surface area contributed by atoms with Crippen LogP contribution in [0.25, 0.3) is 0 Å². The van der Waals surface area contributed by atoms with Gasteiger partial charge in [-0.1, -0.05) is 45.0 Å². The molecule has 0 unspecified atom stereocenters. The van der Waals surface area contributed by atoms with Crippen molar-refractivity contribution < 1.29 is 23.6 Å². The van der Waals surface area contributed by atoms with Crippen LogP contribution in [-0.4, -0.2) is 47.3 Å². The first-order valence-corrected chi connectivity index (χ1v) is 8.64. The monoisotopic (exact) mass is 363 g/mol. The number of amides is 2. The fraction of sp³-hybridized carbons (Fsp3) is 0.550. The van der Waals surface area contributed by atoms with Gasteiger partial charge in [-0.05, 0) is 23.4 Å². The van der Waals surface area contributed by atoms with Crippen molar-refractivity contribution in [2.45, 2.75) is 45.7 Å². The molecule has 0 radical (unpaired) electrons. The van der Waals surface area contributed by atoms with E-state index in [1.165, 1.54) is 18.9 Å². The Balaban J connectivity index is 2.32. The SMILES string of the molecule is [2H]C1([2H])CN(C)C(=O)[C@@H](NC(=O)[C@]([2H])(C)CC(=O)[C@@H](O)C(C)C)c2ccccc21. The number of Topliss-reactive ketones (excluding diaryl/α,β-unsaturated/α-hetero) is 1. The molecule has 0 aromatic heterocycles. The van der Waals surface area contributed by atoms with Gasteiger partial charge >= 0.3 is 0 Å². The predicted octanol–water partition coefficient (Wildman–Crippen LogP) is 1.47. The van der Waals surface area contributed by atoms with E-state index in [1.54, 1.807) is 38.1 Å². The van der Waals surface area contributed by atoms with Crippen molar-refractivity contribution in [2.75, 3.05) is 13.6 Å². The second-order valence-corrected chi connectivity index (χ2v) is 6.98. The molecule has 142 valence electrons. The summed E-state index contributed by atoms with van der Waals surface area (Å²) in [5, 5.41) is 12.4. The van der Waals surface area contributed by atoms with Crippen LogP contribution in [0.3, 0.4) is 0 Å². The molecule has 26 heavy (non-hydrogen) atoms. The molecule has 6 nitrogen and oxygen atoms in total. The van der Waals surface area contributed by atoms with Crippen molar-refractivity contribution in [2.24, 2.45) is 11.8 Å². The normalized spacial score (nSPS) is 24.4. The Labute approximate surface area is 158 Å². The molecule has 1 aromatic rings. The zero-order valence-electron chi connectivity index (χ0n) is 18.6. The number of likely N-dealkylation sites (N-methyl/N-ethyl adjacent to an activating group) is 1. The summed E-state index contributed by atoms with van der Waals surface area (Å²) in [6, 6.07) is 5.28. The minimum atomic E-state index is -1.90. The van der Waals surface area contributed by atoms with Gasteiger partial charge in [0, 0.05) is 30.0 Å². The number of nitrogens with one attached hydrogen (secondary N) is 1. The first-order valence-electron chi connectivity index (χ1n) is 10.1. The average Bonchev–Trinajstić information content (AvgIpc) is 2.69. The number of carbonyl (C=O) groups is 3. The highest BCUT2D eigenvalue weighted by molar-refractivity contribution is 5.92. The standard InChI is InChI=1S/C20H28N2O4/c1-12(2)18(24)16(23)11-13(3)19(25)21-17-15-8-6-5-7-14(15)9-10-22(4)20(17)26/h5-8,12-13,17-18,24H,9-11H2,1-4H3,(H,21,25)/t13-,17+,18+/m1/s1/i9D2,13D. The maximum absolute atomic E-state index is 12.9. The highest BCUT2D eigenvalue weighted by Gasteiger charge is 2.32. The van der Waals surface area contributed by atoms with E-state index >= 15 is 0 Å². The quantitative estimate of drug-likeness (QED) is 0.801. The highest BCUT2D eigenvalue weighted by Crippen LogP contribution is 2.25. The summed E-state index contributed by atoms with van der Waals surface area (Å²) in [5.41, 5.74) is 0.616. The van der Waals surface area contributed by atoms with Gasteiger partial charge in [0.05, 0.1) is 0 Å². The third-order valence-corrected chi connectivity index (χ3v) is 4.47. The molecule has 3 atom stereocenters. The van der Waals surface area contributed by atoms with Crippen LogP contribution in [0.4, 0.5) is 0 Å². The lowest BCUT2D eigenvalue weighted by molar-refractivity contribution is -0.137. The second kappa shape index (κ2) is 8.45. The lowest BCUT2D eigenvalue weighted by Crippen LogP contribution is -2.43. The number of benzene rings is 1. The minimum Gasteiger partial charge on any atom is -0.385 e. The Hall–Kier alpha value is -2.21. The Kier molecular flexibility index (Phi) is 5.20. The van der Waals surface area contributed by atoms with E-state index in [0.717, 1.165) is 0 Å². The molecule has 0 fully saturated rings. The van der Waals surface area contributed by atoms with Crippen molar-refractivity contribution in [1.29, 1.82) is 0 Å². The summed E-state index contributed by atoms with van der Waals surface area (Å²) in [5.74, 6) is -4.20. The number of aliphatic hydroxyl groups is 1. The minimum absolute atomic E-state index is 0.174. The van der Waals surface area contributed by atoms with Crippen LogP contribution in [0.1, 0.15) is 48.5 Å². The Morgan fingerprint density at radius 3 is 2.69 bits per heavy atom. The number of carbonyl (C=O) groups excluding carboxylic acids is 3. The largest absolute Gasteiger partial charge is 0.385 e. The molecule has 0 saturated carbocycles. The van der Waals surface area contributed by atoms with Gasteiger partial charge in [-0.3, -0.25) is 14.4 Å². The Bertz CT molecular complexity index is 811. The molecule has 0 bridgehead atoms. The molecule has 2 rings (SSSR count). The number of aliphatic hydroxyl groups excluding tert-OH is 1. The second-order valence-electron chi connectivity index (χ2n) is 6.98. The van der Waals surface area contributed by atoms with Gasteiger partial charge in [0.15, 0.2) is 5.78 Å². The summed E-state index contributed by atoms with van der Waals surface area (Å²) in [7, 11) is 1.45. The maximum atomic E-state index is 12.9. The smallest absolute Gasteiger partial charge is 0.249 e. The zero-order chi connectivity index (χ0) is 22.1. The highest BCUT2D eigenvalue weighted by atomic mass is 16.3. The molecule has 1 heterocycles. The van der Waals surface area contributed by atoms with Crippen LogP contribution >= 0.6 is 0 Å². The molecule has 1 aliphatic rings. The maximum Gasteiger partial charge on any atom is 0.249 e. The molecule has 1 aliphatic heterocycles. The van der Waals surface area contributed by atoms with Crippen molar-refractivity contribution in [3.8, 4) is 0 Å². The van der Waals surface area contributed by atoms with Crippen molar-refractivity contribution in [1.82, 2.24) is 10.2 Å². The number of ketones is 1. The van der Waals surface area contributed by atoms with E-state index in [4.69, 9.17) is 4.11 Å². The molecular weight excluding hydrogens is 332 g/mol. The van der Waals surface area contributed by atoms with Crippen LogP contribution in [0.5, 0.6) is 0 Å². The van der Waals surface area contributed by atoms with E-state index in [9.17, 15) is 19.5 Å². The van der Waals surface area contributed by atoms with Crippen LogP contribution in [0.2, 0.25) is 0 Å². The van der Waals surface area contributed by atoms with Gasteiger partial charge in [0.1, 0.15) is 12.1 Å². The average molecular weight is 363 g/mol. The molecule has 1 aromatic carbocycles. The predicted molar refractivity (Wildman–Crippen MR) is 98.3 cm³/mol. The van der Waals surface area contributed by atoms with Crippen LogP contribution < -0.4 is 5.32 Å². The summed E-state index contributed by atoms with van der Waals surface area (Å²) >= 11 is 0. The van der Waals surface area contributed by atoms with Crippen LogP contribution in [-0.2, 0) is 20.8 Å². The van der Waals surface area contributed by atoms with Gasteiger partial charge in [-0.15, -0.1) is 0 Å². The number of hydrogen-bond donors (Lipinski definition) is 2. The fourth-order valence-corrected chi connectivity index (χ4v) is 2.76. The number of nitrogens with zero attached hydrogens (tertiary/aromatic N) is 1. The van der Waals surface area contributed by atoms with Gasteiger partial charge in [0.25, 0.3) is 0 Å². The van der Waals surface area contributed by atoms with Crippen LogP contribution in [0.15, 0.2) is 24.3 Å². The molecule has 0 spiro atoms. The topological polar surface area (TPSA) is 86.7 Å². The zero-order valence-corrected chi connectivity index (χ0v) is 15.6. The van der Waals surface area contributed by atoms with Crippen LogP contribution in [0, 0.1) is 11.8 Å². The summed E-state index contributed by atoms with van der Waals surface area (Å²) in [6.45, 7) is 4.40. The number of fused-ring (bicyclic) bond motifs is 1.